The van der Waals surface area contributed by atoms with Gasteiger partial charge in [-0.2, -0.15) is 0 Å². The van der Waals surface area contributed by atoms with E-state index in [9.17, 15) is 9.18 Å². The van der Waals surface area contributed by atoms with Crippen molar-refractivity contribution in [1.82, 2.24) is 4.90 Å². The summed E-state index contributed by atoms with van der Waals surface area (Å²) in [6.45, 7) is 5.22. The van der Waals surface area contributed by atoms with Crippen molar-refractivity contribution in [2.24, 2.45) is 5.73 Å². The Bertz CT molecular complexity index is 240. The summed E-state index contributed by atoms with van der Waals surface area (Å²) in [5, 5.41) is 0. The Balaban J connectivity index is 2.60. The maximum atomic E-state index is 12.7. The molecule has 1 aliphatic heterocycles. The first-order chi connectivity index (χ1) is 6.85. The van der Waals surface area contributed by atoms with Crippen LogP contribution in [0.3, 0.4) is 0 Å². The van der Waals surface area contributed by atoms with Gasteiger partial charge in [-0.1, -0.05) is 0 Å². The lowest BCUT2D eigenvalue weighted by molar-refractivity contribution is 0.0200. The average Bonchev–Trinajstić information content (AvgIpc) is 2.43. The van der Waals surface area contributed by atoms with Crippen LogP contribution >= 0.6 is 0 Å². The van der Waals surface area contributed by atoms with Crippen LogP contribution in [-0.4, -0.2) is 41.9 Å². The number of rotatable bonds is 1. The van der Waals surface area contributed by atoms with Crippen molar-refractivity contribution in [2.45, 2.75) is 44.9 Å². The minimum Gasteiger partial charge on any atom is -0.444 e. The summed E-state index contributed by atoms with van der Waals surface area (Å²) in [5.41, 5.74) is 5.14. The predicted molar refractivity (Wildman–Crippen MR) is 55.3 cm³/mol. The van der Waals surface area contributed by atoms with Gasteiger partial charge in [-0.25, -0.2) is 9.18 Å². The van der Waals surface area contributed by atoms with Crippen LogP contribution in [0.25, 0.3) is 0 Å². The first kappa shape index (κ1) is 12.2. The van der Waals surface area contributed by atoms with Gasteiger partial charge in [0, 0.05) is 12.6 Å². The molecule has 5 heteroatoms. The van der Waals surface area contributed by atoms with Crippen molar-refractivity contribution < 1.29 is 13.9 Å². The number of ether oxygens (including phenoxy) is 1. The van der Waals surface area contributed by atoms with Crippen molar-refractivity contribution in [2.75, 3.05) is 13.2 Å². The number of hydrogen-bond acceptors (Lipinski definition) is 3. The molecule has 4 nitrogen and oxygen atoms in total. The highest BCUT2D eigenvalue weighted by Gasteiger charge is 2.37. The van der Waals surface area contributed by atoms with E-state index in [0.29, 0.717) is 13.0 Å². The molecule has 1 heterocycles. The number of carbonyl (C=O) groups excluding carboxylic acids is 1. The third kappa shape index (κ3) is 3.06. The maximum absolute atomic E-state index is 12.7. The molecule has 0 aliphatic carbocycles. The third-order valence-corrected chi connectivity index (χ3v) is 2.38. The minimum atomic E-state index is -0.611. The molecule has 0 unspecified atom stereocenters. The van der Waals surface area contributed by atoms with E-state index in [2.05, 4.69) is 0 Å². The number of nitrogens with two attached hydrogens (primary N) is 1. The Labute approximate surface area is 89.6 Å². The van der Waals surface area contributed by atoms with Gasteiger partial charge in [0.25, 0.3) is 0 Å². The molecule has 2 atom stereocenters. The number of halogens is 1. The van der Waals surface area contributed by atoms with Crippen LogP contribution in [0.15, 0.2) is 0 Å². The lowest BCUT2D eigenvalue weighted by Gasteiger charge is -2.28. The molecule has 15 heavy (non-hydrogen) atoms. The highest BCUT2D eigenvalue weighted by Crippen LogP contribution is 2.20. The van der Waals surface area contributed by atoms with Crippen LogP contribution in [-0.2, 0) is 4.74 Å². The largest absolute Gasteiger partial charge is 0.444 e. The topological polar surface area (TPSA) is 55.6 Å². The van der Waals surface area contributed by atoms with E-state index in [1.807, 2.05) is 0 Å². The van der Waals surface area contributed by atoms with Gasteiger partial charge in [0.15, 0.2) is 0 Å². The van der Waals surface area contributed by atoms with Gasteiger partial charge in [-0.3, -0.25) is 0 Å². The summed E-state index contributed by atoms with van der Waals surface area (Å²) >= 11 is 0. The summed E-state index contributed by atoms with van der Waals surface area (Å²) in [7, 11) is 0. The lowest BCUT2D eigenvalue weighted by Crippen LogP contribution is -2.46. The van der Waals surface area contributed by atoms with E-state index in [4.69, 9.17) is 10.5 Å². The molecule has 0 spiro atoms. The van der Waals surface area contributed by atoms with Gasteiger partial charge < -0.3 is 15.4 Å². The van der Waals surface area contributed by atoms with E-state index in [-0.39, 0.29) is 6.04 Å². The van der Waals surface area contributed by atoms with Crippen molar-refractivity contribution in [3.05, 3.63) is 0 Å². The normalized spacial score (nSPS) is 26.9. The van der Waals surface area contributed by atoms with Gasteiger partial charge in [0.1, 0.15) is 12.3 Å². The summed E-state index contributed by atoms with van der Waals surface area (Å²) in [5.74, 6) is 0. The van der Waals surface area contributed by atoms with Crippen LogP contribution in [0.1, 0.15) is 27.2 Å². The van der Waals surface area contributed by atoms with Crippen LogP contribution < -0.4 is 5.73 Å². The second kappa shape index (κ2) is 4.35. The fourth-order valence-corrected chi connectivity index (χ4v) is 1.62. The van der Waals surface area contributed by atoms with Gasteiger partial charge in [-0.15, -0.1) is 0 Å². The van der Waals surface area contributed by atoms with Gasteiger partial charge in [0.05, 0.1) is 6.04 Å². The molecule has 1 amide bonds. The number of alkyl halides is 1. The van der Waals surface area contributed by atoms with Crippen LogP contribution in [0, 0.1) is 0 Å². The Morgan fingerprint density at radius 2 is 2.20 bits per heavy atom. The minimum absolute atomic E-state index is 0.275. The van der Waals surface area contributed by atoms with Crippen molar-refractivity contribution >= 4 is 6.09 Å². The smallest absolute Gasteiger partial charge is 0.410 e. The molecular weight excluding hydrogens is 199 g/mol. The average molecular weight is 218 g/mol. The summed E-state index contributed by atoms with van der Waals surface area (Å²) in [4.78, 5) is 13.0. The van der Waals surface area contributed by atoms with Gasteiger partial charge >= 0.3 is 6.09 Å². The van der Waals surface area contributed by atoms with Gasteiger partial charge in [-0.05, 0) is 27.2 Å². The van der Waals surface area contributed by atoms with E-state index < -0.39 is 24.4 Å². The first-order valence-electron chi connectivity index (χ1n) is 5.16. The molecule has 0 aromatic heterocycles. The van der Waals surface area contributed by atoms with Crippen LogP contribution in [0.2, 0.25) is 0 Å². The summed E-state index contributed by atoms with van der Waals surface area (Å²) < 4.78 is 17.8. The van der Waals surface area contributed by atoms with Crippen molar-refractivity contribution in [3.63, 3.8) is 0 Å². The number of likely N-dealkylation sites (tertiary alicyclic amines) is 1. The molecule has 0 aromatic carbocycles. The number of carbonyl (C=O) groups is 1. The van der Waals surface area contributed by atoms with E-state index in [0.717, 1.165) is 0 Å². The molecular formula is C10H19FN2O2. The molecule has 2 N–H and O–H groups in total. The van der Waals surface area contributed by atoms with Crippen LogP contribution in [0.5, 0.6) is 0 Å². The SMILES string of the molecule is CC(C)(C)OC(=O)N1CC[C@@H](N)[C@H]1CF. The quantitative estimate of drug-likeness (QED) is 0.721. The van der Waals surface area contributed by atoms with E-state index in [1.165, 1.54) is 4.90 Å². The lowest BCUT2D eigenvalue weighted by atomic mass is 10.1. The zero-order chi connectivity index (χ0) is 11.6. The van der Waals surface area contributed by atoms with Crippen molar-refractivity contribution in [1.29, 1.82) is 0 Å². The third-order valence-electron chi connectivity index (χ3n) is 2.38. The second-order valence-corrected chi connectivity index (χ2v) is 4.85. The fourth-order valence-electron chi connectivity index (χ4n) is 1.62. The van der Waals surface area contributed by atoms with Crippen LogP contribution in [0.4, 0.5) is 9.18 Å². The van der Waals surface area contributed by atoms with Gasteiger partial charge in [0.2, 0.25) is 0 Å². The van der Waals surface area contributed by atoms with E-state index in [1.54, 1.807) is 20.8 Å². The standard InChI is InChI=1S/C10H19FN2O2/c1-10(2,3)15-9(14)13-5-4-7(12)8(13)6-11/h7-8H,4-6,12H2,1-3H3/t7-,8-/m1/s1. The zero-order valence-corrected chi connectivity index (χ0v) is 9.50. The molecule has 88 valence electrons. The maximum Gasteiger partial charge on any atom is 0.410 e. The molecule has 0 radical (unpaired) electrons. The Kier molecular flexibility index (Phi) is 3.54. The number of amides is 1. The monoisotopic (exact) mass is 218 g/mol. The Hall–Kier alpha value is -0.840. The van der Waals surface area contributed by atoms with Crippen molar-refractivity contribution in [3.8, 4) is 0 Å². The molecule has 0 bridgehead atoms. The molecule has 0 saturated carbocycles. The molecule has 1 aliphatic rings. The zero-order valence-electron chi connectivity index (χ0n) is 9.50. The number of nitrogens with zero attached hydrogens (tertiary/aromatic N) is 1. The first-order valence-corrected chi connectivity index (χ1v) is 5.16. The second-order valence-electron chi connectivity index (χ2n) is 4.85. The van der Waals surface area contributed by atoms with E-state index >= 15 is 0 Å². The molecule has 1 saturated heterocycles. The fraction of sp³-hybridized carbons (Fsp3) is 0.900. The molecule has 0 aromatic rings. The highest BCUT2D eigenvalue weighted by molar-refractivity contribution is 5.69. The number of hydrogen-bond donors (Lipinski definition) is 1. The highest BCUT2D eigenvalue weighted by atomic mass is 19.1. The molecule has 1 rings (SSSR count). The molecule has 1 fully saturated rings. The Morgan fingerprint density at radius 3 is 2.67 bits per heavy atom. The Morgan fingerprint density at radius 1 is 1.60 bits per heavy atom. The summed E-state index contributed by atoms with van der Waals surface area (Å²) in [6.07, 6.45) is 0.159. The summed E-state index contributed by atoms with van der Waals surface area (Å²) in [6, 6.07) is -0.803. The predicted octanol–water partition coefficient (Wildman–Crippen LogP) is 1.29.